The third-order valence-electron chi connectivity index (χ3n) is 3.63. The summed E-state index contributed by atoms with van der Waals surface area (Å²) in [5, 5.41) is 0. The van der Waals surface area contributed by atoms with Crippen LogP contribution in [0.1, 0.15) is 24.8 Å². The highest BCUT2D eigenvalue weighted by Gasteiger charge is 2.38. The van der Waals surface area contributed by atoms with E-state index < -0.39 is 17.4 Å². The molecule has 4 nitrogen and oxygen atoms in total. The summed E-state index contributed by atoms with van der Waals surface area (Å²) in [7, 11) is 0. The largest absolute Gasteiger partial charge is 0.492 e. The van der Waals surface area contributed by atoms with Crippen LogP contribution in [-0.4, -0.2) is 37.0 Å². The minimum atomic E-state index is -3.67. The second-order valence-corrected chi connectivity index (χ2v) is 5.22. The molecule has 1 aliphatic heterocycles. The first kappa shape index (κ1) is 15.7. The van der Waals surface area contributed by atoms with Gasteiger partial charge >= 0.3 is 5.92 Å². The van der Waals surface area contributed by atoms with Crippen molar-refractivity contribution in [3.63, 3.8) is 0 Å². The molecule has 1 fully saturated rings. The lowest BCUT2D eigenvalue weighted by Gasteiger charge is -2.26. The molecule has 2 rings (SSSR count). The summed E-state index contributed by atoms with van der Waals surface area (Å²) in [6.07, 6.45) is 3.66. The molecule has 1 aromatic rings. The Bertz CT molecular complexity index is 488. The molecule has 0 aliphatic carbocycles. The molecule has 0 radical (unpaired) electrons. The van der Waals surface area contributed by atoms with E-state index in [1.165, 1.54) is 37.5 Å². The number of hydrogen-bond acceptors (Lipinski definition) is 3. The van der Waals surface area contributed by atoms with E-state index in [1.54, 1.807) is 6.07 Å². The Kier molecular flexibility index (Phi) is 5.12. The third kappa shape index (κ3) is 4.14. The molecule has 0 spiro atoms. The van der Waals surface area contributed by atoms with Gasteiger partial charge in [0.05, 0.1) is 0 Å². The molecule has 1 aliphatic rings. The van der Waals surface area contributed by atoms with E-state index in [0.717, 1.165) is 19.6 Å². The van der Waals surface area contributed by atoms with Crippen LogP contribution in [0.15, 0.2) is 24.3 Å². The van der Waals surface area contributed by atoms with E-state index >= 15 is 0 Å². The van der Waals surface area contributed by atoms with E-state index in [2.05, 4.69) is 4.90 Å². The fraction of sp³-hybridized carbons (Fsp3) is 0.533. The number of rotatable bonds is 6. The zero-order chi connectivity index (χ0) is 15.3. The maximum absolute atomic E-state index is 13.5. The number of carbonyl (C=O) groups is 1. The summed E-state index contributed by atoms with van der Waals surface area (Å²) >= 11 is 0. The van der Waals surface area contributed by atoms with Gasteiger partial charge in [-0.05, 0) is 38.1 Å². The van der Waals surface area contributed by atoms with Gasteiger partial charge in [-0.2, -0.15) is 8.78 Å². The fourth-order valence-corrected chi connectivity index (χ4v) is 2.40. The SMILES string of the molecule is NC(=O)C(F)(F)c1cccc(OCCN2CCCCC2)c1. The van der Waals surface area contributed by atoms with Gasteiger partial charge in [0, 0.05) is 12.1 Å². The van der Waals surface area contributed by atoms with Crippen molar-refractivity contribution in [1.29, 1.82) is 0 Å². The standard InChI is InChI=1S/C15H20F2N2O2/c16-15(17,14(18)20)12-5-4-6-13(11-12)21-10-9-19-7-2-1-3-8-19/h4-6,11H,1-3,7-10H2,(H2,18,20). The highest BCUT2D eigenvalue weighted by atomic mass is 19.3. The van der Waals surface area contributed by atoms with E-state index in [4.69, 9.17) is 10.5 Å². The number of primary amides is 1. The van der Waals surface area contributed by atoms with Gasteiger partial charge in [-0.15, -0.1) is 0 Å². The molecule has 0 atom stereocenters. The van der Waals surface area contributed by atoms with E-state index in [0.29, 0.717) is 12.4 Å². The topological polar surface area (TPSA) is 55.6 Å². The van der Waals surface area contributed by atoms with Crippen molar-refractivity contribution in [2.45, 2.75) is 25.2 Å². The van der Waals surface area contributed by atoms with Gasteiger partial charge in [-0.3, -0.25) is 9.69 Å². The van der Waals surface area contributed by atoms with Gasteiger partial charge in [-0.25, -0.2) is 0 Å². The van der Waals surface area contributed by atoms with Crippen LogP contribution in [0.4, 0.5) is 8.78 Å². The number of alkyl halides is 2. The molecule has 6 heteroatoms. The van der Waals surface area contributed by atoms with Crippen LogP contribution in [0.5, 0.6) is 5.75 Å². The molecule has 0 saturated carbocycles. The molecule has 1 heterocycles. The van der Waals surface area contributed by atoms with Crippen molar-refractivity contribution in [2.24, 2.45) is 5.73 Å². The lowest BCUT2D eigenvalue weighted by Crippen LogP contribution is -2.33. The van der Waals surface area contributed by atoms with Crippen LogP contribution in [0.3, 0.4) is 0 Å². The molecule has 0 aromatic heterocycles. The minimum absolute atomic E-state index is 0.324. The van der Waals surface area contributed by atoms with Crippen LogP contribution in [0.2, 0.25) is 0 Å². The van der Waals surface area contributed by atoms with Crippen molar-refractivity contribution in [3.8, 4) is 5.75 Å². The Labute approximate surface area is 122 Å². The van der Waals surface area contributed by atoms with Gasteiger partial charge in [0.15, 0.2) is 0 Å². The summed E-state index contributed by atoms with van der Waals surface area (Å²) in [5.41, 5.74) is 4.27. The van der Waals surface area contributed by atoms with Gasteiger partial charge in [0.1, 0.15) is 12.4 Å². The zero-order valence-electron chi connectivity index (χ0n) is 11.9. The van der Waals surface area contributed by atoms with E-state index in [-0.39, 0.29) is 0 Å². The van der Waals surface area contributed by atoms with Crippen LogP contribution in [-0.2, 0) is 10.7 Å². The Hall–Kier alpha value is -1.69. The molecule has 21 heavy (non-hydrogen) atoms. The molecular formula is C15H20F2N2O2. The van der Waals surface area contributed by atoms with E-state index in [1.807, 2.05) is 0 Å². The number of ether oxygens (including phenoxy) is 1. The second-order valence-electron chi connectivity index (χ2n) is 5.22. The van der Waals surface area contributed by atoms with Crippen molar-refractivity contribution in [1.82, 2.24) is 4.90 Å². The monoisotopic (exact) mass is 298 g/mol. The Morgan fingerprint density at radius 1 is 1.29 bits per heavy atom. The lowest BCUT2D eigenvalue weighted by molar-refractivity contribution is -0.143. The average Bonchev–Trinajstić information content (AvgIpc) is 2.48. The summed E-state index contributed by atoms with van der Waals surface area (Å²) in [4.78, 5) is 13.1. The lowest BCUT2D eigenvalue weighted by atomic mass is 10.1. The quantitative estimate of drug-likeness (QED) is 0.875. The first-order chi connectivity index (χ1) is 10.00. The predicted octanol–water partition coefficient (Wildman–Crippen LogP) is 2.13. The first-order valence-corrected chi connectivity index (χ1v) is 7.13. The highest BCUT2D eigenvalue weighted by Crippen LogP contribution is 2.29. The fourth-order valence-electron chi connectivity index (χ4n) is 2.40. The summed E-state index contributed by atoms with van der Waals surface area (Å²) < 4.78 is 32.6. The summed E-state index contributed by atoms with van der Waals surface area (Å²) in [5.74, 6) is -5.01. The van der Waals surface area contributed by atoms with Crippen molar-refractivity contribution in [3.05, 3.63) is 29.8 Å². The second kappa shape index (κ2) is 6.85. The molecule has 1 aromatic carbocycles. The minimum Gasteiger partial charge on any atom is -0.492 e. The number of likely N-dealkylation sites (tertiary alicyclic amines) is 1. The normalized spacial score (nSPS) is 16.7. The number of benzene rings is 1. The van der Waals surface area contributed by atoms with Crippen LogP contribution in [0, 0.1) is 0 Å². The number of amides is 1. The molecule has 2 N–H and O–H groups in total. The number of carbonyl (C=O) groups excluding carboxylic acids is 1. The summed E-state index contributed by atoms with van der Waals surface area (Å²) in [6, 6.07) is 5.36. The van der Waals surface area contributed by atoms with Gasteiger partial charge < -0.3 is 10.5 Å². The molecular weight excluding hydrogens is 278 g/mol. The molecule has 1 amide bonds. The molecule has 0 unspecified atom stereocenters. The van der Waals surface area contributed by atoms with Gasteiger partial charge in [-0.1, -0.05) is 18.6 Å². The van der Waals surface area contributed by atoms with Crippen LogP contribution >= 0.6 is 0 Å². The number of halogens is 2. The molecule has 1 saturated heterocycles. The van der Waals surface area contributed by atoms with Crippen molar-refractivity contribution < 1.29 is 18.3 Å². The molecule has 116 valence electrons. The summed E-state index contributed by atoms with van der Waals surface area (Å²) in [6.45, 7) is 3.33. The maximum atomic E-state index is 13.5. The number of nitrogens with two attached hydrogens (primary N) is 1. The molecule has 0 bridgehead atoms. The Morgan fingerprint density at radius 3 is 2.67 bits per heavy atom. The number of nitrogens with zero attached hydrogens (tertiary/aromatic N) is 1. The zero-order valence-corrected chi connectivity index (χ0v) is 11.9. The van der Waals surface area contributed by atoms with Crippen molar-refractivity contribution in [2.75, 3.05) is 26.2 Å². The Balaban J connectivity index is 1.90. The maximum Gasteiger partial charge on any atom is 0.349 e. The highest BCUT2D eigenvalue weighted by molar-refractivity contribution is 5.83. The number of piperidine rings is 1. The number of hydrogen-bond donors (Lipinski definition) is 1. The van der Waals surface area contributed by atoms with Crippen LogP contribution < -0.4 is 10.5 Å². The first-order valence-electron chi connectivity index (χ1n) is 7.13. The van der Waals surface area contributed by atoms with E-state index in [9.17, 15) is 13.6 Å². The van der Waals surface area contributed by atoms with Crippen molar-refractivity contribution >= 4 is 5.91 Å². The smallest absolute Gasteiger partial charge is 0.349 e. The van der Waals surface area contributed by atoms with Gasteiger partial charge in [0.2, 0.25) is 0 Å². The van der Waals surface area contributed by atoms with Crippen LogP contribution in [0.25, 0.3) is 0 Å². The third-order valence-corrected chi connectivity index (χ3v) is 3.63. The van der Waals surface area contributed by atoms with Gasteiger partial charge in [0.25, 0.3) is 5.91 Å². The average molecular weight is 298 g/mol. The Morgan fingerprint density at radius 2 is 2.00 bits per heavy atom. The predicted molar refractivity (Wildman–Crippen MR) is 75.3 cm³/mol.